The van der Waals surface area contributed by atoms with Crippen molar-refractivity contribution < 1.29 is 27.8 Å². The Morgan fingerprint density at radius 2 is 1.83 bits per heavy atom. The first-order chi connectivity index (χ1) is 19.7. The van der Waals surface area contributed by atoms with Gasteiger partial charge in [0, 0.05) is 6.04 Å². The van der Waals surface area contributed by atoms with Gasteiger partial charge in [-0.3, -0.25) is 0 Å². The van der Waals surface area contributed by atoms with Crippen molar-refractivity contribution in [2.75, 3.05) is 11.9 Å². The molecule has 3 heterocycles. The van der Waals surface area contributed by atoms with E-state index in [0.717, 1.165) is 37.0 Å². The number of alkyl halides is 3. The first kappa shape index (κ1) is 26.7. The summed E-state index contributed by atoms with van der Waals surface area (Å²) in [7, 11) is 0. The lowest BCUT2D eigenvalue weighted by molar-refractivity contribution is -0.256. The van der Waals surface area contributed by atoms with Crippen molar-refractivity contribution in [1.82, 2.24) is 19.5 Å². The first-order valence-electron chi connectivity index (χ1n) is 13.4. The Hall–Kier alpha value is -4.48. The average Bonchev–Trinajstić information content (AvgIpc) is 3.53. The second kappa shape index (κ2) is 10.5. The summed E-state index contributed by atoms with van der Waals surface area (Å²) in [5.74, 6) is -0.949. The zero-order chi connectivity index (χ0) is 28.7. The summed E-state index contributed by atoms with van der Waals surface area (Å²) < 4.78 is 47.3. The molecule has 0 amide bonds. The lowest BCUT2D eigenvalue weighted by Crippen LogP contribution is -2.32. The quantitative estimate of drug-likeness (QED) is 0.338. The van der Waals surface area contributed by atoms with Crippen LogP contribution in [0.3, 0.4) is 0 Å². The molecule has 4 aromatic rings. The molecule has 0 spiro atoms. The number of anilines is 1. The number of benzene rings is 2. The Balaban J connectivity index is 1.48. The molecule has 212 valence electrons. The summed E-state index contributed by atoms with van der Waals surface area (Å²) in [4.78, 5) is 29.5. The molecule has 2 aromatic heterocycles. The largest absolute Gasteiger partial charge is 0.541 e. The maximum atomic E-state index is 13.2. The van der Waals surface area contributed by atoms with Crippen molar-refractivity contribution >= 4 is 28.8 Å². The number of nitrogens with one attached hydrogen (secondary N) is 1. The van der Waals surface area contributed by atoms with E-state index in [1.165, 1.54) is 12.1 Å². The van der Waals surface area contributed by atoms with Crippen molar-refractivity contribution in [1.29, 1.82) is 0 Å². The Labute approximate surface area is 233 Å². The molecule has 9 nitrogen and oxygen atoms in total. The number of ether oxygens (including phenoxy) is 1. The Morgan fingerprint density at radius 3 is 2.46 bits per heavy atom. The number of hydrogen-bond acceptors (Lipinski definition) is 8. The van der Waals surface area contributed by atoms with Gasteiger partial charge in [0.05, 0.1) is 12.1 Å². The van der Waals surface area contributed by atoms with Gasteiger partial charge in [-0.2, -0.15) is 13.2 Å². The lowest BCUT2D eigenvalue weighted by atomic mass is 9.80. The number of carboxylic acids is 1. The molecule has 1 N–H and O–H groups in total. The molecule has 12 heteroatoms. The highest BCUT2D eigenvalue weighted by Gasteiger charge is 2.32. The fraction of sp³-hybridized carbons (Fsp3) is 0.345. The number of fused-ring (bicyclic) bond motifs is 1. The summed E-state index contributed by atoms with van der Waals surface area (Å²) in [6.07, 6.45) is -1.27. The molecule has 2 aliphatic rings. The normalized spacial score (nSPS) is 18.0. The van der Waals surface area contributed by atoms with Gasteiger partial charge in [-0.1, -0.05) is 48.9 Å². The lowest BCUT2D eigenvalue weighted by Gasteiger charge is -2.32. The monoisotopic (exact) mass is 563 g/mol. The molecule has 1 aliphatic heterocycles. The average molecular weight is 564 g/mol. The molecule has 0 unspecified atom stereocenters. The van der Waals surface area contributed by atoms with Crippen molar-refractivity contribution in [3.8, 4) is 0 Å². The Kier molecular flexibility index (Phi) is 6.84. The van der Waals surface area contributed by atoms with Crippen LogP contribution in [0.25, 0.3) is 11.2 Å². The summed E-state index contributed by atoms with van der Waals surface area (Å²) >= 11 is 0. The predicted molar refractivity (Wildman–Crippen MR) is 142 cm³/mol. The van der Waals surface area contributed by atoms with Crippen LogP contribution in [-0.4, -0.2) is 44.0 Å². The molecular formula is C29H26F3N6O3-. The van der Waals surface area contributed by atoms with Gasteiger partial charge in [0.15, 0.2) is 23.1 Å². The van der Waals surface area contributed by atoms with Crippen LogP contribution in [0.2, 0.25) is 0 Å². The highest BCUT2D eigenvalue weighted by atomic mass is 19.4. The van der Waals surface area contributed by atoms with E-state index in [0.29, 0.717) is 17.0 Å². The molecule has 1 saturated carbocycles. The van der Waals surface area contributed by atoms with Crippen LogP contribution in [-0.2, 0) is 17.5 Å². The van der Waals surface area contributed by atoms with Crippen LogP contribution in [0.4, 0.5) is 19.0 Å². The maximum Gasteiger partial charge on any atom is 0.416 e. The van der Waals surface area contributed by atoms with Gasteiger partial charge in [-0.05, 0) is 48.9 Å². The van der Waals surface area contributed by atoms with E-state index in [2.05, 4.69) is 20.3 Å². The van der Waals surface area contributed by atoms with E-state index in [4.69, 9.17) is 9.73 Å². The minimum atomic E-state index is -4.46. The number of aliphatic imine (C=N–C) groups is 1. The van der Waals surface area contributed by atoms with Crippen LogP contribution in [0.5, 0.6) is 0 Å². The van der Waals surface area contributed by atoms with Gasteiger partial charge in [0.2, 0.25) is 0 Å². The van der Waals surface area contributed by atoms with Crippen molar-refractivity contribution in [3.63, 3.8) is 0 Å². The molecule has 2 atom stereocenters. The number of aromatic nitrogens is 4. The number of hydrogen-bond donors (Lipinski definition) is 1. The predicted octanol–water partition coefficient (Wildman–Crippen LogP) is 4.38. The van der Waals surface area contributed by atoms with Crippen LogP contribution in [0.1, 0.15) is 65.4 Å². The van der Waals surface area contributed by atoms with Crippen molar-refractivity contribution in [2.24, 2.45) is 10.9 Å². The molecule has 0 saturated heterocycles. The highest BCUT2D eigenvalue weighted by molar-refractivity contribution is 5.98. The summed E-state index contributed by atoms with van der Waals surface area (Å²) in [5, 5.41) is 15.1. The summed E-state index contributed by atoms with van der Waals surface area (Å²) in [5.41, 5.74) is 1.22. The number of carboxylic acid groups (broad SMARTS) is 1. The van der Waals surface area contributed by atoms with Gasteiger partial charge < -0.3 is 24.5 Å². The molecule has 1 fully saturated rings. The van der Waals surface area contributed by atoms with Crippen LogP contribution < -0.4 is 10.4 Å². The third-order valence-electron chi connectivity index (χ3n) is 7.66. The van der Waals surface area contributed by atoms with Crippen LogP contribution in [0, 0.1) is 5.92 Å². The SMILES string of the molecule is C[C@@H](Nc1nc(C(=O)[O-])nc2nc(C3=N[C@H](c4ccccc4)CO3)n(Cc3ccc(C(F)(F)F)cc3)c12)C1CCC1. The van der Waals surface area contributed by atoms with Gasteiger partial charge in [-0.25, -0.2) is 19.9 Å². The fourth-order valence-corrected chi connectivity index (χ4v) is 5.14. The molecule has 0 radical (unpaired) electrons. The number of rotatable bonds is 8. The molecule has 6 rings (SSSR count). The van der Waals surface area contributed by atoms with Crippen LogP contribution in [0.15, 0.2) is 59.6 Å². The summed E-state index contributed by atoms with van der Waals surface area (Å²) in [6.45, 7) is 2.36. The van der Waals surface area contributed by atoms with Gasteiger partial charge in [-0.15, -0.1) is 0 Å². The van der Waals surface area contributed by atoms with Crippen LogP contribution >= 0.6 is 0 Å². The summed E-state index contributed by atoms with van der Waals surface area (Å²) in [6, 6.07) is 14.1. The first-order valence-corrected chi connectivity index (χ1v) is 13.4. The second-order valence-corrected chi connectivity index (χ2v) is 10.4. The van der Waals surface area contributed by atoms with Gasteiger partial charge >= 0.3 is 6.18 Å². The number of nitrogens with zero attached hydrogens (tertiary/aromatic N) is 5. The molecule has 41 heavy (non-hydrogen) atoms. The van der Waals surface area contributed by atoms with Crippen molar-refractivity contribution in [3.05, 3.63) is 82.9 Å². The fourth-order valence-electron chi connectivity index (χ4n) is 5.14. The molecule has 0 bridgehead atoms. The number of carbonyl (C=O) groups is 1. The standard InChI is InChI=1S/C29H27F3N6O3/c1-16(18-8-5-9-18)33-23-22-24(36-25(35-23)28(39)40)37-26(27-34-21(15-41-27)19-6-3-2-4-7-19)38(22)14-17-10-12-20(13-11-17)29(30,31)32/h2-4,6-7,10-13,16,18,21H,5,8-9,14-15H2,1H3,(H,39,40)(H,33,35,36)/p-1/t16-,21+/m1/s1. The maximum absolute atomic E-state index is 13.2. The van der Waals surface area contributed by atoms with E-state index < -0.39 is 23.5 Å². The second-order valence-electron chi connectivity index (χ2n) is 10.4. The van der Waals surface area contributed by atoms with E-state index in [1.54, 1.807) is 4.57 Å². The number of halogens is 3. The number of imidazole rings is 1. The number of aromatic carboxylic acids is 1. The third kappa shape index (κ3) is 5.33. The van der Waals surface area contributed by atoms with E-state index in [-0.39, 0.29) is 48.4 Å². The smallest absolute Gasteiger partial charge is 0.416 e. The molecule has 1 aliphatic carbocycles. The van der Waals surface area contributed by atoms with Crippen molar-refractivity contribution in [2.45, 2.75) is 51.0 Å². The Bertz CT molecular complexity index is 1620. The third-order valence-corrected chi connectivity index (χ3v) is 7.66. The topological polar surface area (TPSA) is 117 Å². The van der Waals surface area contributed by atoms with E-state index in [1.807, 2.05) is 37.3 Å². The highest BCUT2D eigenvalue weighted by Crippen LogP contribution is 2.34. The van der Waals surface area contributed by atoms with Gasteiger partial charge in [0.1, 0.15) is 24.1 Å². The van der Waals surface area contributed by atoms with E-state index in [9.17, 15) is 23.1 Å². The zero-order valence-corrected chi connectivity index (χ0v) is 22.1. The molecule has 2 aromatic carbocycles. The molecular weight excluding hydrogens is 537 g/mol. The van der Waals surface area contributed by atoms with E-state index >= 15 is 0 Å². The minimum absolute atomic E-state index is 0.0168. The zero-order valence-electron chi connectivity index (χ0n) is 22.1. The number of carbonyl (C=O) groups excluding carboxylic acids is 1. The Morgan fingerprint density at radius 1 is 1.10 bits per heavy atom. The minimum Gasteiger partial charge on any atom is -0.541 e. The van der Waals surface area contributed by atoms with Gasteiger partial charge in [0.25, 0.3) is 5.90 Å².